The van der Waals surface area contributed by atoms with Gasteiger partial charge >= 0.3 is 0 Å². The molecule has 106 valence electrons. The lowest BCUT2D eigenvalue weighted by atomic mass is 10.3. The highest BCUT2D eigenvalue weighted by atomic mass is 35.5. The summed E-state index contributed by atoms with van der Waals surface area (Å²) in [5.41, 5.74) is 0.263. The predicted molar refractivity (Wildman–Crippen MR) is 73.4 cm³/mol. The normalized spacial score (nSPS) is 12.2. The van der Waals surface area contributed by atoms with Crippen molar-refractivity contribution in [2.45, 2.75) is 26.4 Å². The summed E-state index contributed by atoms with van der Waals surface area (Å²) < 4.78 is 1.47. The number of aromatic amines is 1. The highest BCUT2D eigenvalue weighted by molar-refractivity contribution is 6.30. The third-order valence-corrected chi connectivity index (χ3v) is 2.90. The van der Waals surface area contributed by atoms with Crippen molar-refractivity contribution in [1.29, 1.82) is 0 Å². The second-order valence-electron chi connectivity index (χ2n) is 4.35. The lowest BCUT2D eigenvalue weighted by Crippen LogP contribution is -2.31. The summed E-state index contributed by atoms with van der Waals surface area (Å²) in [6.45, 7) is 3.57. The first-order valence-electron chi connectivity index (χ1n) is 6.00. The van der Waals surface area contributed by atoms with Gasteiger partial charge in [-0.05, 0) is 13.8 Å². The molecule has 2 N–H and O–H groups in total. The molecule has 20 heavy (non-hydrogen) atoms. The zero-order valence-corrected chi connectivity index (χ0v) is 11.8. The van der Waals surface area contributed by atoms with E-state index in [2.05, 4.69) is 20.4 Å². The molecule has 2 heterocycles. The maximum absolute atomic E-state index is 12.0. The second kappa shape index (κ2) is 5.87. The highest BCUT2D eigenvalue weighted by Gasteiger charge is 2.15. The van der Waals surface area contributed by atoms with Crippen LogP contribution in [0.4, 0.5) is 0 Å². The van der Waals surface area contributed by atoms with Gasteiger partial charge < -0.3 is 10.3 Å². The molecular weight excluding hydrogens is 282 g/mol. The fourth-order valence-corrected chi connectivity index (χ4v) is 1.85. The van der Waals surface area contributed by atoms with Crippen LogP contribution in [-0.2, 0) is 11.3 Å². The monoisotopic (exact) mass is 295 g/mol. The van der Waals surface area contributed by atoms with E-state index < -0.39 is 6.04 Å². The van der Waals surface area contributed by atoms with Crippen molar-refractivity contribution >= 4 is 17.5 Å². The molecule has 0 aliphatic rings. The lowest BCUT2D eigenvalue weighted by molar-refractivity contribution is -0.124. The average molecular weight is 296 g/mol. The van der Waals surface area contributed by atoms with Crippen molar-refractivity contribution in [2.75, 3.05) is 0 Å². The Kier molecular flexibility index (Phi) is 4.19. The second-order valence-corrected chi connectivity index (χ2v) is 4.79. The Morgan fingerprint density at radius 1 is 1.60 bits per heavy atom. The molecule has 2 rings (SSSR count). The molecule has 0 bridgehead atoms. The van der Waals surface area contributed by atoms with E-state index in [4.69, 9.17) is 11.6 Å². The number of aromatic nitrogens is 4. The molecule has 2 aromatic heterocycles. The Bertz CT molecular complexity index is 678. The first kappa shape index (κ1) is 14.3. The van der Waals surface area contributed by atoms with E-state index in [1.807, 2.05) is 0 Å². The minimum atomic E-state index is -0.495. The van der Waals surface area contributed by atoms with Crippen LogP contribution < -0.4 is 10.9 Å². The largest absolute Gasteiger partial charge is 0.349 e. The van der Waals surface area contributed by atoms with Crippen molar-refractivity contribution in [1.82, 2.24) is 25.1 Å². The Balaban J connectivity index is 1.99. The number of nitrogens with zero attached hydrogens (tertiary/aromatic N) is 3. The van der Waals surface area contributed by atoms with E-state index in [1.54, 1.807) is 20.0 Å². The van der Waals surface area contributed by atoms with Gasteiger partial charge in [-0.2, -0.15) is 5.10 Å². The number of carbonyl (C=O) groups excluding carboxylic acids is 1. The first-order chi connectivity index (χ1) is 9.45. The van der Waals surface area contributed by atoms with Crippen LogP contribution in [0.5, 0.6) is 0 Å². The molecule has 0 saturated carbocycles. The van der Waals surface area contributed by atoms with Crippen LogP contribution in [0.25, 0.3) is 0 Å². The summed E-state index contributed by atoms with van der Waals surface area (Å²) in [6.07, 6.45) is 3.04. The molecule has 1 amide bonds. The number of hydrogen-bond acceptors (Lipinski definition) is 4. The number of aryl methyl sites for hydroxylation is 1. The van der Waals surface area contributed by atoms with Gasteiger partial charge in [0.1, 0.15) is 11.9 Å². The van der Waals surface area contributed by atoms with Crippen molar-refractivity contribution in [2.24, 2.45) is 0 Å². The van der Waals surface area contributed by atoms with Crippen molar-refractivity contribution in [3.8, 4) is 0 Å². The Morgan fingerprint density at radius 3 is 2.95 bits per heavy atom. The van der Waals surface area contributed by atoms with E-state index in [0.29, 0.717) is 16.5 Å². The topological polar surface area (TPSA) is 92.7 Å². The van der Waals surface area contributed by atoms with E-state index in [9.17, 15) is 9.59 Å². The summed E-state index contributed by atoms with van der Waals surface area (Å²) in [6, 6.07) is 0.855. The average Bonchev–Trinajstić information content (AvgIpc) is 2.80. The lowest BCUT2D eigenvalue weighted by Gasteiger charge is -2.12. The number of rotatable bonds is 4. The van der Waals surface area contributed by atoms with Crippen LogP contribution >= 0.6 is 11.6 Å². The first-order valence-corrected chi connectivity index (χ1v) is 6.37. The van der Waals surface area contributed by atoms with Gasteiger partial charge in [0.25, 0.3) is 5.56 Å². The van der Waals surface area contributed by atoms with Gasteiger partial charge in [0.05, 0.1) is 23.5 Å². The van der Waals surface area contributed by atoms with Gasteiger partial charge in [0, 0.05) is 12.3 Å². The van der Waals surface area contributed by atoms with Crippen LogP contribution in [0.15, 0.2) is 23.3 Å². The third kappa shape index (κ3) is 3.45. The summed E-state index contributed by atoms with van der Waals surface area (Å²) in [5.74, 6) is 0.276. The van der Waals surface area contributed by atoms with E-state index in [-0.39, 0.29) is 18.0 Å². The van der Waals surface area contributed by atoms with Crippen molar-refractivity contribution in [3.63, 3.8) is 0 Å². The Hall–Kier alpha value is -2.15. The molecule has 0 radical (unpaired) electrons. The van der Waals surface area contributed by atoms with Gasteiger partial charge in [0.15, 0.2) is 0 Å². The van der Waals surface area contributed by atoms with Gasteiger partial charge in [-0.3, -0.25) is 14.3 Å². The molecule has 0 unspecified atom stereocenters. The molecule has 0 aliphatic heterocycles. The number of hydrogen-bond donors (Lipinski definition) is 2. The van der Waals surface area contributed by atoms with Crippen LogP contribution in [-0.4, -0.2) is 25.7 Å². The van der Waals surface area contributed by atoms with E-state index in [1.165, 1.54) is 16.9 Å². The molecule has 7 nitrogen and oxygen atoms in total. The van der Waals surface area contributed by atoms with Crippen LogP contribution in [0, 0.1) is 6.92 Å². The molecule has 0 fully saturated rings. The zero-order chi connectivity index (χ0) is 14.7. The smallest absolute Gasteiger partial charge is 0.251 e. The molecule has 0 saturated heterocycles. The third-order valence-electron chi connectivity index (χ3n) is 2.70. The highest BCUT2D eigenvalue weighted by Crippen LogP contribution is 2.10. The summed E-state index contributed by atoms with van der Waals surface area (Å²) in [5, 5.41) is 7.15. The van der Waals surface area contributed by atoms with Crippen molar-refractivity contribution in [3.05, 3.63) is 45.4 Å². The Morgan fingerprint density at radius 2 is 2.35 bits per heavy atom. The molecular formula is C12H14ClN5O2. The number of H-pyrrole nitrogens is 1. The maximum Gasteiger partial charge on any atom is 0.251 e. The number of halogens is 1. The van der Waals surface area contributed by atoms with Crippen LogP contribution in [0.3, 0.4) is 0 Å². The van der Waals surface area contributed by atoms with Gasteiger partial charge in [-0.25, -0.2) is 4.98 Å². The standard InChI is InChI=1S/C12H14ClN5O2/c1-7(18-6-9(13)4-15-18)12(20)14-5-10-3-11(19)17-8(2)16-10/h3-4,6-7H,5H2,1-2H3,(H,14,20)(H,16,17,19)/t7-/m0/s1. The van der Waals surface area contributed by atoms with Gasteiger partial charge in [-0.15, -0.1) is 0 Å². The zero-order valence-electron chi connectivity index (χ0n) is 11.1. The SMILES string of the molecule is Cc1nc(CNC(=O)[C@H](C)n2cc(Cl)cn2)cc(=O)[nH]1. The minimum absolute atomic E-state index is 0.183. The quantitative estimate of drug-likeness (QED) is 0.873. The van der Waals surface area contributed by atoms with E-state index in [0.717, 1.165) is 0 Å². The van der Waals surface area contributed by atoms with Crippen molar-refractivity contribution < 1.29 is 4.79 Å². The molecule has 2 aromatic rings. The maximum atomic E-state index is 12.0. The van der Waals surface area contributed by atoms with Gasteiger partial charge in [-0.1, -0.05) is 11.6 Å². The molecule has 0 spiro atoms. The summed E-state index contributed by atoms with van der Waals surface area (Å²) >= 11 is 5.75. The minimum Gasteiger partial charge on any atom is -0.349 e. The molecule has 0 aromatic carbocycles. The number of nitrogens with one attached hydrogen (secondary N) is 2. The fraction of sp³-hybridized carbons (Fsp3) is 0.333. The Labute approximate surface area is 120 Å². The fourth-order valence-electron chi connectivity index (χ4n) is 1.70. The molecule has 1 atom stereocenters. The van der Waals surface area contributed by atoms with E-state index >= 15 is 0 Å². The number of amides is 1. The van der Waals surface area contributed by atoms with Crippen LogP contribution in [0.2, 0.25) is 5.02 Å². The molecule has 8 heteroatoms. The molecule has 0 aliphatic carbocycles. The van der Waals surface area contributed by atoms with Crippen LogP contribution in [0.1, 0.15) is 24.5 Å². The predicted octanol–water partition coefficient (Wildman–Crippen LogP) is 0.806. The van der Waals surface area contributed by atoms with Gasteiger partial charge in [0.2, 0.25) is 5.91 Å². The summed E-state index contributed by atoms with van der Waals surface area (Å²) in [7, 11) is 0. The summed E-state index contributed by atoms with van der Waals surface area (Å²) in [4.78, 5) is 29.9. The number of carbonyl (C=O) groups is 1.